The number of hydrogen-bond acceptors (Lipinski definition) is 14. The molecule has 0 spiro atoms. The average molecular weight is 1160 g/mol. The summed E-state index contributed by atoms with van der Waals surface area (Å²) in [6.07, 6.45) is 9.36. The van der Waals surface area contributed by atoms with E-state index in [1.54, 1.807) is 28.7 Å². The maximum atomic E-state index is 14.1. The number of aliphatic hydroxyl groups excluding tert-OH is 2. The molecule has 16 heteroatoms. The second-order valence-corrected chi connectivity index (χ2v) is 28.2. The molecule has 0 aromatic heterocycles. The van der Waals surface area contributed by atoms with Gasteiger partial charge in [-0.3, -0.25) is 19.5 Å². The van der Waals surface area contributed by atoms with Crippen LogP contribution in [-0.4, -0.2) is 96.6 Å². The molecule has 4 heterocycles. The molecule has 0 fully saturated rings. The molecule has 0 unspecified atom stereocenters. The number of fused-ring (bicyclic) bond motifs is 8. The van der Waals surface area contributed by atoms with Gasteiger partial charge in [-0.15, -0.1) is 0 Å². The molecule has 10 rings (SSSR count). The minimum Gasteiger partial charge on any atom is -0.493 e. The Bertz CT molecular complexity index is 3220. The van der Waals surface area contributed by atoms with Crippen molar-refractivity contribution in [2.24, 2.45) is 4.99 Å². The van der Waals surface area contributed by atoms with E-state index in [1.807, 2.05) is 130 Å². The summed E-state index contributed by atoms with van der Waals surface area (Å²) in [6.45, 7) is 13.3. The topological polar surface area (TPSA) is 128 Å². The minimum absolute atomic E-state index is 0. The van der Waals surface area contributed by atoms with E-state index in [0.717, 1.165) is 100 Å². The molecule has 6 aromatic rings. The first-order valence-electron chi connectivity index (χ1n) is 26.7. The highest BCUT2D eigenvalue weighted by Gasteiger charge is 2.39. The van der Waals surface area contributed by atoms with Gasteiger partial charge in [0.05, 0.1) is 37.6 Å². The first kappa shape index (κ1) is 60.3. The zero-order valence-electron chi connectivity index (χ0n) is 47.0. The summed E-state index contributed by atoms with van der Waals surface area (Å²) >= 11 is 0. The van der Waals surface area contributed by atoms with Crippen LogP contribution in [0, 0.1) is 6.92 Å². The van der Waals surface area contributed by atoms with Crippen molar-refractivity contribution in [3.05, 3.63) is 165 Å². The summed E-state index contributed by atoms with van der Waals surface area (Å²) in [5.74, 6) is 1.80. The van der Waals surface area contributed by atoms with Gasteiger partial charge >= 0.3 is 0 Å². The van der Waals surface area contributed by atoms with E-state index in [0.29, 0.717) is 47.3 Å². The van der Waals surface area contributed by atoms with Crippen LogP contribution in [0.4, 0.5) is 28.4 Å². The summed E-state index contributed by atoms with van der Waals surface area (Å²) in [6, 6.07) is 36.2. The average Bonchev–Trinajstić information content (AvgIpc) is 4.01. The van der Waals surface area contributed by atoms with Crippen molar-refractivity contribution in [2.75, 3.05) is 66.4 Å². The van der Waals surface area contributed by atoms with Gasteiger partial charge in [0, 0.05) is 89.7 Å². The van der Waals surface area contributed by atoms with Crippen molar-refractivity contribution in [1.29, 1.82) is 0 Å². The van der Waals surface area contributed by atoms with Crippen LogP contribution in [0.2, 0.25) is 0 Å². The predicted molar refractivity (Wildman–Crippen MR) is 339 cm³/mol. The van der Waals surface area contributed by atoms with Gasteiger partial charge in [-0.2, -0.15) is 0 Å². The zero-order valence-corrected chi connectivity index (χ0v) is 50.3. The Morgan fingerprint density at radius 2 is 1.16 bits per heavy atom. The lowest BCUT2D eigenvalue weighted by molar-refractivity contribution is 0.0975. The normalized spacial score (nSPS) is 15.9. The van der Waals surface area contributed by atoms with Gasteiger partial charge in [-0.25, -0.2) is 0 Å². The van der Waals surface area contributed by atoms with Crippen molar-refractivity contribution >= 4 is 89.6 Å². The van der Waals surface area contributed by atoms with Crippen LogP contribution in [-0.2, 0) is 45.7 Å². The highest BCUT2D eigenvalue weighted by molar-refractivity contribution is 8.77. The molecule has 6 aromatic carbocycles. The molecule has 0 saturated heterocycles. The summed E-state index contributed by atoms with van der Waals surface area (Å²) in [4.78, 5) is 41.1. The number of aliphatic imine (C=N–C) groups is 1. The molecule has 4 aliphatic heterocycles. The Labute approximate surface area is 489 Å². The first-order chi connectivity index (χ1) is 37.9. The Morgan fingerprint density at radius 1 is 0.637 bits per heavy atom. The van der Waals surface area contributed by atoms with E-state index < -0.39 is 0 Å². The molecule has 0 radical (unpaired) electrons. The summed E-state index contributed by atoms with van der Waals surface area (Å²) in [5, 5.41) is 18.5. The number of nitrogens with zero attached hydrogens (tertiary/aromatic N) is 5. The van der Waals surface area contributed by atoms with Gasteiger partial charge in [-0.1, -0.05) is 93.1 Å². The minimum atomic E-state index is -0.115. The quantitative estimate of drug-likeness (QED) is 0.0748. The Balaban J connectivity index is 0.000000359. The van der Waals surface area contributed by atoms with E-state index >= 15 is 0 Å². The summed E-state index contributed by atoms with van der Waals surface area (Å²) in [5.41, 5.74) is 13.8. The largest absolute Gasteiger partial charge is 0.493 e. The highest BCUT2D eigenvalue weighted by atomic mass is 33.1. The lowest BCUT2D eigenvalue weighted by Gasteiger charge is -2.31. The number of carbonyl (C=O) groups excluding carboxylic acids is 2. The maximum absolute atomic E-state index is 14.1. The van der Waals surface area contributed by atoms with Crippen molar-refractivity contribution in [3.8, 4) is 17.2 Å². The number of methoxy groups -OCH3 is 1. The molecule has 80 heavy (non-hydrogen) atoms. The van der Waals surface area contributed by atoms with Crippen LogP contribution in [0.3, 0.4) is 0 Å². The highest BCUT2D eigenvalue weighted by Crippen LogP contribution is 2.43. The van der Waals surface area contributed by atoms with Crippen LogP contribution in [0.25, 0.3) is 0 Å². The van der Waals surface area contributed by atoms with Crippen molar-refractivity contribution in [3.63, 3.8) is 0 Å². The SMILES string of the molecule is C.COc1cc2c(cc1OCc1cc(COc3cc4c(cc3C)C(=O)N3c5ccccc5C[C@H]3C=N4)cc(N(C)CC(C)(C)SSC)c1)CC[C@@H]1Cc3ccccc3N1C2=O.CSSC(C)(C)CN(C)c1cc(CO)cc(CO)c1. The fourth-order valence-corrected chi connectivity index (χ4v) is 15.7. The van der Waals surface area contributed by atoms with Crippen molar-refractivity contribution in [1.82, 2.24) is 0 Å². The Kier molecular flexibility index (Phi) is 19.6. The molecule has 0 saturated carbocycles. The number of aliphatic hydroxyl groups is 2. The second-order valence-electron chi connectivity index (χ2n) is 22.0. The molecule has 4 aliphatic rings. The van der Waals surface area contributed by atoms with Gasteiger partial charge in [-0.05, 0) is 172 Å². The van der Waals surface area contributed by atoms with E-state index in [9.17, 15) is 19.8 Å². The van der Waals surface area contributed by atoms with Crippen LogP contribution in [0.5, 0.6) is 17.2 Å². The first-order valence-corrected chi connectivity index (χ1v) is 31.8. The van der Waals surface area contributed by atoms with E-state index in [-0.39, 0.29) is 54.0 Å². The molecule has 12 nitrogen and oxygen atoms in total. The molecular weight excluding hydrogens is 1080 g/mol. The molecular formula is C64H77N5O7S4. The van der Waals surface area contributed by atoms with E-state index in [1.165, 1.54) is 5.56 Å². The molecule has 2 N–H and O–H groups in total. The number of ether oxygens (including phenoxy) is 3. The van der Waals surface area contributed by atoms with Gasteiger partial charge in [0.15, 0.2) is 11.5 Å². The number of para-hydroxylation sites is 2. The zero-order chi connectivity index (χ0) is 56.2. The number of hydrogen-bond donors (Lipinski definition) is 2. The van der Waals surface area contributed by atoms with Gasteiger partial charge in [0.1, 0.15) is 19.0 Å². The van der Waals surface area contributed by atoms with Crippen LogP contribution in [0.1, 0.15) is 107 Å². The Hall–Kier alpha value is -5.75. The Morgan fingerprint density at radius 3 is 1.74 bits per heavy atom. The standard InChI is InChI=1S/C49H50N4O5S2.C14H23NO2S2.CH4/c1-30-17-40-41(50-26-38-22-35-12-8-10-14-43(35)53(38)48(40)55)25-44(30)57-27-31-18-32(20-37(19-31)51(4)29-49(2,3)60-59-6)28-58-46-23-33-15-16-36-21-34-11-7-9-13-42(34)52(36)47(54)39(33)24-45(46)56-5;1-14(2,19-18-4)10-15(3)13-6-11(8-16)5-12(7-13)9-17;/h7-14,17-20,23-26,36,38H,15-16,21-22,27-29H2,1-6H3;5-7,16-17H,8-10H2,1-4H3;1H4/t36-,38+;;/m1../s1. The molecule has 2 amide bonds. The number of carbonyl (C=O) groups is 2. The van der Waals surface area contributed by atoms with Gasteiger partial charge in [0.2, 0.25) is 0 Å². The maximum Gasteiger partial charge on any atom is 0.261 e. The van der Waals surface area contributed by atoms with Gasteiger partial charge in [0.25, 0.3) is 11.8 Å². The lowest BCUT2D eigenvalue weighted by atomic mass is 9.99. The fraction of sp³-hybridized carbons (Fsp3) is 0.391. The number of anilines is 4. The third-order valence-electron chi connectivity index (χ3n) is 14.8. The smallest absolute Gasteiger partial charge is 0.261 e. The molecule has 424 valence electrons. The van der Waals surface area contributed by atoms with Crippen LogP contribution in [0.15, 0.2) is 114 Å². The monoisotopic (exact) mass is 1160 g/mol. The third kappa shape index (κ3) is 13.6. The molecule has 2 atom stereocenters. The number of benzene rings is 6. The van der Waals surface area contributed by atoms with E-state index in [4.69, 9.17) is 19.2 Å². The number of amides is 2. The third-order valence-corrected chi connectivity index (χ3v) is 20.0. The van der Waals surface area contributed by atoms with Crippen LogP contribution >= 0.6 is 43.2 Å². The number of aryl methyl sites for hydroxylation is 2. The molecule has 0 aliphatic carbocycles. The molecule has 0 bridgehead atoms. The second kappa shape index (κ2) is 26.0. The summed E-state index contributed by atoms with van der Waals surface area (Å²) < 4.78 is 19.2. The van der Waals surface area contributed by atoms with Gasteiger partial charge < -0.3 is 39.1 Å². The lowest BCUT2D eigenvalue weighted by Crippen LogP contribution is -2.37. The number of rotatable bonds is 19. The summed E-state index contributed by atoms with van der Waals surface area (Å²) in [7, 11) is 13.0. The predicted octanol–water partition coefficient (Wildman–Crippen LogP) is 13.7. The van der Waals surface area contributed by atoms with E-state index in [2.05, 4.69) is 87.4 Å². The van der Waals surface area contributed by atoms with Crippen LogP contribution < -0.4 is 33.8 Å². The van der Waals surface area contributed by atoms with Crippen molar-refractivity contribution < 1.29 is 34.0 Å². The van der Waals surface area contributed by atoms with Crippen molar-refractivity contribution in [2.45, 2.75) is 116 Å². The fourth-order valence-electron chi connectivity index (χ4n) is 11.3.